The van der Waals surface area contributed by atoms with Crippen molar-refractivity contribution in [2.75, 3.05) is 6.54 Å². The predicted molar refractivity (Wildman–Crippen MR) is 201 cm³/mol. The maximum absolute atomic E-state index is 14.4. The van der Waals surface area contributed by atoms with Crippen molar-refractivity contribution in [3.8, 4) is 0 Å². The zero-order valence-electron chi connectivity index (χ0n) is 32.7. The number of hydrogen-bond donors (Lipinski definition) is 3. The number of likely N-dealkylation sites (tertiary alicyclic amines) is 1. The van der Waals surface area contributed by atoms with E-state index in [2.05, 4.69) is 22.3 Å². The maximum atomic E-state index is 14.4. The molecule has 0 spiro atoms. The Labute approximate surface area is 319 Å². The molecule has 3 fully saturated rings. The second-order valence-corrected chi connectivity index (χ2v) is 18.8. The number of sulfonamides is 1. The fraction of sp³-hybridized carbons (Fsp3) is 0.718. The molecule has 2 aliphatic heterocycles. The van der Waals surface area contributed by atoms with Crippen molar-refractivity contribution in [2.45, 2.75) is 166 Å². The quantitative estimate of drug-likeness (QED) is 0.194. The van der Waals surface area contributed by atoms with Gasteiger partial charge in [-0.25, -0.2) is 18.0 Å². The number of nitrogens with one attached hydrogen (secondary N) is 3. The van der Waals surface area contributed by atoms with Crippen LogP contribution in [0.15, 0.2) is 24.3 Å². The minimum absolute atomic E-state index is 0.0518. The van der Waals surface area contributed by atoms with Crippen molar-refractivity contribution in [3.05, 3.63) is 35.4 Å². The fourth-order valence-corrected chi connectivity index (χ4v) is 9.51. The molecule has 1 aromatic rings. The number of carbonyl (C=O) groups excluding carboxylic acids is 5. The molecule has 0 bridgehead atoms. The van der Waals surface area contributed by atoms with Gasteiger partial charge in [-0.15, -0.1) is 0 Å². The Morgan fingerprint density at radius 3 is 2.15 bits per heavy atom. The van der Waals surface area contributed by atoms with E-state index in [1.165, 1.54) is 4.90 Å². The molecular formula is C39H59N5O9S. The van der Waals surface area contributed by atoms with Crippen molar-refractivity contribution in [2.24, 2.45) is 5.92 Å². The van der Waals surface area contributed by atoms with Crippen LogP contribution < -0.4 is 15.4 Å². The summed E-state index contributed by atoms with van der Waals surface area (Å²) in [5, 5.41) is 5.54. The first-order valence-corrected chi connectivity index (χ1v) is 21.1. The lowest BCUT2D eigenvalue weighted by Crippen LogP contribution is -2.58. The second-order valence-electron chi connectivity index (χ2n) is 16.7. The average Bonchev–Trinajstić information content (AvgIpc) is 3.89. The molecule has 1 aromatic carbocycles. The van der Waals surface area contributed by atoms with Gasteiger partial charge in [-0.3, -0.25) is 24.0 Å². The Morgan fingerprint density at radius 1 is 0.963 bits per heavy atom. The Kier molecular flexibility index (Phi) is 12.6. The van der Waals surface area contributed by atoms with Gasteiger partial charge in [0.2, 0.25) is 21.8 Å². The molecule has 4 aliphatic rings. The van der Waals surface area contributed by atoms with E-state index in [0.29, 0.717) is 51.6 Å². The lowest BCUT2D eigenvalue weighted by molar-refractivity contribution is -0.141. The summed E-state index contributed by atoms with van der Waals surface area (Å²) in [5.41, 5.74) is -0.277. The molecule has 14 nitrogen and oxygen atoms in total. The first-order valence-electron chi connectivity index (χ1n) is 19.7. The Balaban J connectivity index is 1.35. The van der Waals surface area contributed by atoms with Crippen LogP contribution in [0.2, 0.25) is 0 Å². The standard InChI is InChI=1S/C39H59N5O9S/c1-7-9-10-11-12-17-30(40-35(48)53-37(4,5)6)33(46)44-25-29(52-36(49)43-23-27-15-13-14-16-28(27)24-43)21-31(44)32(45)41-39(22-26(39)3)34(47)42-54(50,51)38(18-8-2)19-20-38/h13-16,26,29-31H,7-12,17-25H2,1-6H3,(H,40,48)(H,41,45)(H,42,47)/t26-,29-,30+,31+,39-/m1/s1. The van der Waals surface area contributed by atoms with Crippen molar-refractivity contribution in [3.63, 3.8) is 0 Å². The number of fused-ring (bicyclic) bond motifs is 1. The number of nitrogens with zero attached hydrogens (tertiary/aromatic N) is 2. The van der Waals surface area contributed by atoms with Gasteiger partial charge in [0.15, 0.2) is 0 Å². The zero-order valence-corrected chi connectivity index (χ0v) is 33.5. The third kappa shape index (κ3) is 9.49. The molecule has 54 heavy (non-hydrogen) atoms. The fourth-order valence-electron chi connectivity index (χ4n) is 7.76. The van der Waals surface area contributed by atoms with Crippen LogP contribution in [0, 0.1) is 5.92 Å². The summed E-state index contributed by atoms with van der Waals surface area (Å²) in [6, 6.07) is 5.50. The summed E-state index contributed by atoms with van der Waals surface area (Å²) in [6.45, 7) is 11.5. The van der Waals surface area contributed by atoms with Crippen molar-refractivity contribution < 1.29 is 41.9 Å². The van der Waals surface area contributed by atoms with E-state index in [1.807, 2.05) is 31.2 Å². The van der Waals surface area contributed by atoms with Crippen molar-refractivity contribution in [1.29, 1.82) is 0 Å². The summed E-state index contributed by atoms with van der Waals surface area (Å²) in [5.74, 6) is -2.36. The monoisotopic (exact) mass is 773 g/mol. The molecule has 2 heterocycles. The van der Waals surface area contributed by atoms with E-state index in [9.17, 15) is 32.4 Å². The van der Waals surface area contributed by atoms with Crippen LogP contribution in [0.3, 0.4) is 0 Å². The summed E-state index contributed by atoms with van der Waals surface area (Å²) in [6.07, 6.45) is 4.79. The molecule has 5 atom stereocenters. The van der Waals surface area contributed by atoms with Gasteiger partial charge in [-0.1, -0.05) is 83.6 Å². The van der Waals surface area contributed by atoms with Crippen molar-refractivity contribution in [1.82, 2.24) is 25.2 Å². The highest BCUT2D eigenvalue weighted by molar-refractivity contribution is 7.91. The van der Waals surface area contributed by atoms with Gasteiger partial charge in [-0.05, 0) is 69.9 Å². The second kappa shape index (κ2) is 16.5. The minimum atomic E-state index is -3.99. The first kappa shape index (κ1) is 41.3. The maximum Gasteiger partial charge on any atom is 0.410 e. The smallest absolute Gasteiger partial charge is 0.410 e. The lowest BCUT2D eigenvalue weighted by atomic mass is 10.0. The summed E-state index contributed by atoms with van der Waals surface area (Å²) >= 11 is 0. The van der Waals surface area contributed by atoms with Crippen LogP contribution in [-0.2, 0) is 47.0 Å². The van der Waals surface area contributed by atoms with E-state index in [1.54, 1.807) is 32.6 Å². The number of carbonyl (C=O) groups is 5. The van der Waals surface area contributed by atoms with Gasteiger partial charge < -0.3 is 25.0 Å². The minimum Gasteiger partial charge on any atom is -0.444 e. The van der Waals surface area contributed by atoms with Gasteiger partial charge in [0.25, 0.3) is 5.91 Å². The number of benzene rings is 1. The Bertz CT molecular complexity index is 1670. The zero-order chi connectivity index (χ0) is 39.5. The van der Waals surface area contributed by atoms with E-state index in [0.717, 1.165) is 36.8 Å². The van der Waals surface area contributed by atoms with Crippen LogP contribution >= 0.6 is 0 Å². The highest BCUT2D eigenvalue weighted by Crippen LogP contribution is 2.48. The first-order chi connectivity index (χ1) is 25.4. The number of unbranched alkanes of at least 4 members (excludes halogenated alkanes) is 4. The van der Waals surface area contributed by atoms with E-state index in [4.69, 9.17) is 9.47 Å². The van der Waals surface area contributed by atoms with Crippen LogP contribution in [0.5, 0.6) is 0 Å². The Hall–Kier alpha value is -3.88. The Morgan fingerprint density at radius 2 is 1.59 bits per heavy atom. The molecule has 1 saturated heterocycles. The van der Waals surface area contributed by atoms with Crippen molar-refractivity contribution >= 4 is 39.9 Å². The number of alkyl carbamates (subject to hydrolysis) is 1. The van der Waals surface area contributed by atoms with Crippen LogP contribution in [0.1, 0.15) is 130 Å². The number of hydrogen-bond acceptors (Lipinski definition) is 9. The molecule has 3 N–H and O–H groups in total. The summed E-state index contributed by atoms with van der Waals surface area (Å²) in [7, 11) is -3.99. The highest BCUT2D eigenvalue weighted by Gasteiger charge is 2.62. The van der Waals surface area contributed by atoms with Gasteiger partial charge in [0, 0.05) is 19.5 Å². The molecule has 5 amide bonds. The number of rotatable bonds is 16. The van der Waals surface area contributed by atoms with Gasteiger partial charge in [0.1, 0.15) is 29.3 Å². The average molecular weight is 774 g/mol. The largest absolute Gasteiger partial charge is 0.444 e. The predicted octanol–water partition coefficient (Wildman–Crippen LogP) is 5.04. The molecule has 0 radical (unpaired) electrons. The third-order valence-corrected chi connectivity index (χ3v) is 13.4. The van der Waals surface area contributed by atoms with Crippen LogP contribution in [-0.4, -0.2) is 88.7 Å². The topological polar surface area (TPSA) is 181 Å². The molecule has 300 valence electrons. The highest BCUT2D eigenvalue weighted by atomic mass is 32.2. The lowest BCUT2D eigenvalue weighted by Gasteiger charge is -2.30. The van der Waals surface area contributed by atoms with E-state index in [-0.39, 0.29) is 25.3 Å². The molecule has 2 aliphatic carbocycles. The number of ether oxygens (including phenoxy) is 2. The van der Waals surface area contributed by atoms with Gasteiger partial charge in [-0.2, -0.15) is 0 Å². The molecule has 0 aromatic heterocycles. The number of amides is 5. The van der Waals surface area contributed by atoms with Crippen LogP contribution in [0.25, 0.3) is 0 Å². The summed E-state index contributed by atoms with van der Waals surface area (Å²) < 4.78 is 39.3. The SMILES string of the molecule is CCCCCCC[C@H](NC(=O)OC(C)(C)C)C(=O)N1C[C@H](OC(=O)N2Cc3ccccc3C2)C[C@H]1C(=O)N[C@]1(C(=O)NS(=O)(=O)C2(CCC)CC2)C[C@H]1C. The molecule has 2 saturated carbocycles. The molecular weight excluding hydrogens is 715 g/mol. The normalized spacial score (nSPS) is 24.6. The van der Waals surface area contributed by atoms with E-state index < -0.39 is 74.0 Å². The van der Waals surface area contributed by atoms with Gasteiger partial charge in [0.05, 0.1) is 11.3 Å². The molecule has 0 unspecified atom stereocenters. The van der Waals surface area contributed by atoms with Gasteiger partial charge >= 0.3 is 12.2 Å². The van der Waals surface area contributed by atoms with E-state index >= 15 is 0 Å². The summed E-state index contributed by atoms with van der Waals surface area (Å²) in [4.78, 5) is 71.6. The molecule has 5 rings (SSSR count). The third-order valence-electron chi connectivity index (χ3n) is 11.2. The molecule has 15 heteroatoms. The van der Waals surface area contributed by atoms with Crippen LogP contribution in [0.4, 0.5) is 9.59 Å².